The number of ether oxygens (including phenoxy) is 1. The summed E-state index contributed by atoms with van der Waals surface area (Å²) in [4.78, 5) is 12.4. The molecular formula is C12H17N3O4. The normalized spacial score (nSPS) is 20.4. The molecule has 0 bridgehead atoms. The monoisotopic (exact) mass is 267 g/mol. The van der Waals surface area contributed by atoms with E-state index in [0.29, 0.717) is 19.7 Å². The number of nitro benzene ring substituents is 1. The van der Waals surface area contributed by atoms with Crippen LogP contribution < -0.4 is 5.73 Å². The molecule has 2 rings (SSSR count). The first-order valence-corrected chi connectivity index (χ1v) is 6.08. The number of nitro groups is 1. The Bertz CT molecular complexity index is 466. The summed E-state index contributed by atoms with van der Waals surface area (Å²) in [6, 6.07) is 4.81. The highest BCUT2D eigenvalue weighted by molar-refractivity contribution is 5.62. The van der Waals surface area contributed by atoms with E-state index in [1.165, 1.54) is 6.07 Å². The van der Waals surface area contributed by atoms with Gasteiger partial charge in [-0.15, -0.1) is 0 Å². The van der Waals surface area contributed by atoms with Crippen LogP contribution in [0.3, 0.4) is 0 Å². The minimum atomic E-state index is -0.478. The molecule has 0 amide bonds. The molecule has 1 heterocycles. The van der Waals surface area contributed by atoms with Crippen molar-refractivity contribution in [3.05, 3.63) is 33.9 Å². The van der Waals surface area contributed by atoms with E-state index in [-0.39, 0.29) is 24.1 Å². The molecule has 1 aromatic carbocycles. The summed E-state index contributed by atoms with van der Waals surface area (Å²) in [5.74, 6) is 0. The quantitative estimate of drug-likeness (QED) is 0.464. The molecule has 0 radical (unpaired) electrons. The standard InChI is InChI=1S/C12H17N3O4/c13-12-9(2-1-3-11(12)15(17)18)6-14-4-5-19-10(7-14)8-16/h1-3,10,16H,4-8,13H2. The topological polar surface area (TPSA) is 102 Å². The highest BCUT2D eigenvalue weighted by atomic mass is 16.6. The Labute approximate surface area is 110 Å². The Kier molecular flexibility index (Phi) is 4.31. The van der Waals surface area contributed by atoms with E-state index in [0.717, 1.165) is 12.1 Å². The molecule has 3 N–H and O–H groups in total. The number of para-hydroxylation sites is 1. The molecule has 1 aliphatic rings. The zero-order chi connectivity index (χ0) is 13.8. The molecule has 1 unspecified atom stereocenters. The zero-order valence-corrected chi connectivity index (χ0v) is 10.5. The first-order valence-electron chi connectivity index (χ1n) is 6.08. The second-order valence-corrected chi connectivity index (χ2v) is 4.52. The first-order chi connectivity index (χ1) is 9.11. The van der Waals surface area contributed by atoms with E-state index in [1.54, 1.807) is 12.1 Å². The number of aliphatic hydroxyl groups excluding tert-OH is 1. The lowest BCUT2D eigenvalue weighted by Gasteiger charge is -2.32. The van der Waals surface area contributed by atoms with Crippen LogP contribution in [0.4, 0.5) is 11.4 Å². The fraction of sp³-hybridized carbons (Fsp3) is 0.500. The Morgan fingerprint density at radius 1 is 1.58 bits per heavy atom. The number of nitrogens with two attached hydrogens (primary N) is 1. The predicted octanol–water partition coefficient (Wildman–Crippen LogP) is 0.370. The molecule has 0 aliphatic carbocycles. The molecule has 1 saturated heterocycles. The van der Waals surface area contributed by atoms with Gasteiger partial charge in [-0.25, -0.2) is 0 Å². The second-order valence-electron chi connectivity index (χ2n) is 4.52. The summed E-state index contributed by atoms with van der Waals surface area (Å²) in [6.45, 7) is 2.35. The van der Waals surface area contributed by atoms with Crippen molar-refractivity contribution >= 4 is 11.4 Å². The van der Waals surface area contributed by atoms with Crippen LogP contribution in [0.2, 0.25) is 0 Å². The van der Waals surface area contributed by atoms with Gasteiger partial charge in [-0.2, -0.15) is 0 Å². The van der Waals surface area contributed by atoms with Crippen molar-refractivity contribution in [1.82, 2.24) is 4.90 Å². The van der Waals surface area contributed by atoms with E-state index in [4.69, 9.17) is 15.6 Å². The number of hydrogen-bond acceptors (Lipinski definition) is 6. The molecule has 7 heteroatoms. The van der Waals surface area contributed by atoms with Gasteiger partial charge in [-0.3, -0.25) is 15.0 Å². The number of nitrogens with zero attached hydrogens (tertiary/aromatic N) is 2. The maximum Gasteiger partial charge on any atom is 0.292 e. The second kappa shape index (κ2) is 5.96. The van der Waals surface area contributed by atoms with Gasteiger partial charge in [0, 0.05) is 25.7 Å². The van der Waals surface area contributed by atoms with Crippen LogP contribution in [-0.4, -0.2) is 47.3 Å². The van der Waals surface area contributed by atoms with Crippen molar-refractivity contribution in [2.75, 3.05) is 32.0 Å². The van der Waals surface area contributed by atoms with E-state index in [9.17, 15) is 10.1 Å². The van der Waals surface area contributed by atoms with E-state index in [2.05, 4.69) is 4.90 Å². The maximum absolute atomic E-state index is 10.8. The number of aliphatic hydroxyl groups is 1. The van der Waals surface area contributed by atoms with Crippen molar-refractivity contribution in [1.29, 1.82) is 0 Å². The van der Waals surface area contributed by atoms with E-state index >= 15 is 0 Å². The van der Waals surface area contributed by atoms with Gasteiger partial charge in [0.05, 0.1) is 24.2 Å². The third kappa shape index (κ3) is 3.19. The van der Waals surface area contributed by atoms with Crippen molar-refractivity contribution in [3.63, 3.8) is 0 Å². The number of rotatable bonds is 4. The minimum Gasteiger partial charge on any atom is -0.394 e. The molecule has 104 valence electrons. The third-order valence-electron chi connectivity index (χ3n) is 3.19. The average Bonchev–Trinajstić information content (AvgIpc) is 2.41. The Morgan fingerprint density at radius 2 is 2.37 bits per heavy atom. The fourth-order valence-corrected chi connectivity index (χ4v) is 2.17. The number of nitrogen functional groups attached to an aromatic ring is 1. The SMILES string of the molecule is Nc1c(CN2CCOC(CO)C2)cccc1[N+](=O)[O-]. The molecule has 1 atom stereocenters. The predicted molar refractivity (Wildman–Crippen MR) is 69.6 cm³/mol. The Balaban J connectivity index is 2.10. The van der Waals surface area contributed by atoms with Gasteiger partial charge in [0.2, 0.25) is 0 Å². The molecule has 0 spiro atoms. The molecule has 0 aromatic heterocycles. The zero-order valence-electron chi connectivity index (χ0n) is 10.5. The summed E-state index contributed by atoms with van der Waals surface area (Å²) in [7, 11) is 0. The lowest BCUT2D eigenvalue weighted by molar-refractivity contribution is -0.384. The van der Waals surface area contributed by atoms with E-state index < -0.39 is 4.92 Å². The molecule has 19 heavy (non-hydrogen) atoms. The van der Waals surface area contributed by atoms with Gasteiger partial charge >= 0.3 is 0 Å². The van der Waals surface area contributed by atoms with Gasteiger partial charge in [-0.1, -0.05) is 12.1 Å². The summed E-state index contributed by atoms with van der Waals surface area (Å²) in [5.41, 5.74) is 6.69. The minimum absolute atomic E-state index is 0.0269. The van der Waals surface area contributed by atoms with Crippen LogP contribution in [0, 0.1) is 10.1 Å². The third-order valence-corrected chi connectivity index (χ3v) is 3.19. The number of morpholine rings is 1. The smallest absolute Gasteiger partial charge is 0.292 e. The summed E-state index contributed by atoms with van der Waals surface area (Å²) in [5, 5.41) is 19.9. The number of anilines is 1. The van der Waals surface area contributed by atoms with Crippen LogP contribution in [0.25, 0.3) is 0 Å². The van der Waals surface area contributed by atoms with Crippen molar-refractivity contribution < 1.29 is 14.8 Å². The van der Waals surface area contributed by atoms with E-state index in [1.807, 2.05) is 0 Å². The van der Waals surface area contributed by atoms with Crippen molar-refractivity contribution in [2.45, 2.75) is 12.6 Å². The lowest BCUT2D eigenvalue weighted by atomic mass is 10.1. The molecule has 1 fully saturated rings. The maximum atomic E-state index is 10.8. The van der Waals surface area contributed by atoms with Crippen LogP contribution >= 0.6 is 0 Å². The Hall–Kier alpha value is -1.70. The molecule has 0 saturated carbocycles. The summed E-state index contributed by atoms with van der Waals surface area (Å²) >= 11 is 0. The fourth-order valence-electron chi connectivity index (χ4n) is 2.17. The number of benzene rings is 1. The van der Waals surface area contributed by atoms with Gasteiger partial charge in [0.15, 0.2) is 0 Å². The highest BCUT2D eigenvalue weighted by Crippen LogP contribution is 2.26. The molecular weight excluding hydrogens is 250 g/mol. The molecule has 1 aliphatic heterocycles. The summed E-state index contributed by atoms with van der Waals surface area (Å²) in [6.07, 6.45) is -0.200. The van der Waals surface area contributed by atoms with Crippen LogP contribution in [0.1, 0.15) is 5.56 Å². The van der Waals surface area contributed by atoms with Gasteiger partial charge in [0.25, 0.3) is 5.69 Å². The molecule has 7 nitrogen and oxygen atoms in total. The van der Waals surface area contributed by atoms with Crippen LogP contribution in [0.15, 0.2) is 18.2 Å². The van der Waals surface area contributed by atoms with Gasteiger partial charge in [0.1, 0.15) is 5.69 Å². The van der Waals surface area contributed by atoms with Crippen LogP contribution in [0.5, 0.6) is 0 Å². The van der Waals surface area contributed by atoms with Crippen molar-refractivity contribution in [2.24, 2.45) is 0 Å². The highest BCUT2D eigenvalue weighted by Gasteiger charge is 2.22. The van der Waals surface area contributed by atoms with Crippen LogP contribution in [-0.2, 0) is 11.3 Å². The van der Waals surface area contributed by atoms with Gasteiger partial charge in [-0.05, 0) is 5.56 Å². The average molecular weight is 267 g/mol. The van der Waals surface area contributed by atoms with Gasteiger partial charge < -0.3 is 15.6 Å². The molecule has 1 aromatic rings. The van der Waals surface area contributed by atoms with Crippen molar-refractivity contribution in [3.8, 4) is 0 Å². The summed E-state index contributed by atoms with van der Waals surface area (Å²) < 4.78 is 5.36. The number of hydrogen-bond donors (Lipinski definition) is 2. The largest absolute Gasteiger partial charge is 0.394 e. The Morgan fingerprint density at radius 3 is 3.05 bits per heavy atom. The lowest BCUT2D eigenvalue weighted by Crippen LogP contribution is -2.43. The first kappa shape index (κ1) is 13.7.